The van der Waals surface area contributed by atoms with E-state index in [1.807, 2.05) is 17.4 Å². The molecule has 3 rings (SSSR count). The molecular formula is C17H22N2O2S. The summed E-state index contributed by atoms with van der Waals surface area (Å²) >= 11 is 1.81. The van der Waals surface area contributed by atoms with Crippen LogP contribution in [0.25, 0.3) is 0 Å². The fraction of sp³-hybridized carbons (Fsp3) is 0.412. The maximum Gasteiger partial charge on any atom is 0.161 e. The molecule has 1 N–H and O–H groups in total. The van der Waals surface area contributed by atoms with E-state index in [1.165, 1.54) is 10.4 Å². The molecule has 1 atom stereocenters. The van der Waals surface area contributed by atoms with Gasteiger partial charge in [-0.1, -0.05) is 12.1 Å². The second-order valence-corrected chi connectivity index (χ2v) is 6.30. The van der Waals surface area contributed by atoms with Gasteiger partial charge in [0.25, 0.3) is 0 Å². The van der Waals surface area contributed by atoms with Crippen LogP contribution in [-0.2, 0) is 0 Å². The summed E-state index contributed by atoms with van der Waals surface area (Å²) in [5.41, 5.74) is 1.25. The first kappa shape index (κ1) is 15.3. The van der Waals surface area contributed by atoms with E-state index in [1.54, 1.807) is 14.2 Å². The van der Waals surface area contributed by atoms with E-state index in [-0.39, 0.29) is 6.04 Å². The Hall–Kier alpha value is -1.56. The van der Waals surface area contributed by atoms with Crippen LogP contribution in [0.4, 0.5) is 0 Å². The number of benzene rings is 1. The Morgan fingerprint density at radius 1 is 1.09 bits per heavy atom. The van der Waals surface area contributed by atoms with Crippen molar-refractivity contribution in [2.45, 2.75) is 6.04 Å². The molecule has 0 aliphatic carbocycles. The number of rotatable bonds is 5. The number of piperazine rings is 1. The highest BCUT2D eigenvalue weighted by Gasteiger charge is 2.25. The number of hydrogen-bond acceptors (Lipinski definition) is 5. The average Bonchev–Trinajstić information content (AvgIpc) is 3.10. The molecule has 5 heteroatoms. The van der Waals surface area contributed by atoms with Crippen molar-refractivity contribution in [2.75, 3.05) is 40.4 Å². The third-order valence-corrected chi connectivity index (χ3v) is 4.98. The van der Waals surface area contributed by atoms with Gasteiger partial charge < -0.3 is 14.8 Å². The topological polar surface area (TPSA) is 33.7 Å². The van der Waals surface area contributed by atoms with Crippen LogP contribution in [0, 0.1) is 0 Å². The van der Waals surface area contributed by atoms with Crippen molar-refractivity contribution < 1.29 is 9.47 Å². The number of thiophene rings is 1. The Balaban J connectivity index is 1.98. The fourth-order valence-electron chi connectivity index (χ4n) is 2.97. The van der Waals surface area contributed by atoms with Gasteiger partial charge in [0.2, 0.25) is 0 Å². The lowest BCUT2D eigenvalue weighted by Gasteiger charge is -2.35. The zero-order valence-corrected chi connectivity index (χ0v) is 13.9. The van der Waals surface area contributed by atoms with E-state index < -0.39 is 0 Å². The third kappa shape index (κ3) is 3.11. The third-order valence-electron chi connectivity index (χ3n) is 4.05. The zero-order valence-electron chi connectivity index (χ0n) is 13.0. The Bertz CT molecular complexity index is 595. The predicted molar refractivity (Wildman–Crippen MR) is 90.2 cm³/mol. The van der Waals surface area contributed by atoms with Crippen LogP contribution in [0.5, 0.6) is 11.5 Å². The number of hydrogen-bond donors (Lipinski definition) is 1. The Kier molecular flexibility index (Phi) is 4.97. The molecule has 0 saturated carbocycles. The van der Waals surface area contributed by atoms with Gasteiger partial charge in [0.15, 0.2) is 11.5 Å². The molecule has 2 heterocycles. The van der Waals surface area contributed by atoms with E-state index in [2.05, 4.69) is 39.9 Å². The van der Waals surface area contributed by atoms with Gasteiger partial charge in [0.1, 0.15) is 0 Å². The highest BCUT2D eigenvalue weighted by atomic mass is 32.1. The van der Waals surface area contributed by atoms with Crippen molar-refractivity contribution in [2.24, 2.45) is 0 Å². The van der Waals surface area contributed by atoms with E-state index in [0.29, 0.717) is 0 Å². The second kappa shape index (κ2) is 7.13. The van der Waals surface area contributed by atoms with Crippen LogP contribution >= 0.6 is 11.3 Å². The second-order valence-electron chi connectivity index (χ2n) is 5.32. The first-order chi connectivity index (χ1) is 10.8. The molecule has 4 nitrogen and oxygen atoms in total. The molecule has 0 amide bonds. The van der Waals surface area contributed by atoms with Gasteiger partial charge >= 0.3 is 0 Å². The summed E-state index contributed by atoms with van der Waals surface area (Å²) in [4.78, 5) is 3.90. The van der Waals surface area contributed by atoms with Crippen LogP contribution in [0.2, 0.25) is 0 Å². The van der Waals surface area contributed by atoms with Crippen molar-refractivity contribution in [3.05, 3.63) is 46.2 Å². The molecule has 22 heavy (non-hydrogen) atoms. The van der Waals surface area contributed by atoms with Crippen molar-refractivity contribution in [1.82, 2.24) is 10.2 Å². The SMILES string of the molecule is COc1ccc([C@@H](c2cccs2)N2CCNCC2)cc1OC. The summed E-state index contributed by atoms with van der Waals surface area (Å²) in [6, 6.07) is 10.9. The van der Waals surface area contributed by atoms with E-state index in [9.17, 15) is 0 Å². The van der Waals surface area contributed by atoms with Gasteiger partial charge in [-0.15, -0.1) is 11.3 Å². The number of nitrogens with zero attached hydrogens (tertiary/aromatic N) is 1. The van der Waals surface area contributed by atoms with Crippen LogP contribution in [-0.4, -0.2) is 45.3 Å². The van der Waals surface area contributed by atoms with Gasteiger partial charge in [0, 0.05) is 31.1 Å². The van der Waals surface area contributed by atoms with Crippen molar-refractivity contribution in [3.63, 3.8) is 0 Å². The molecule has 1 fully saturated rings. The van der Waals surface area contributed by atoms with Crippen LogP contribution in [0.1, 0.15) is 16.5 Å². The van der Waals surface area contributed by atoms with E-state index in [4.69, 9.17) is 9.47 Å². The number of methoxy groups -OCH3 is 2. The molecule has 0 unspecified atom stereocenters. The molecule has 1 aliphatic heterocycles. The first-order valence-corrected chi connectivity index (χ1v) is 8.41. The summed E-state index contributed by atoms with van der Waals surface area (Å²) in [5.74, 6) is 1.56. The van der Waals surface area contributed by atoms with Gasteiger partial charge in [-0.25, -0.2) is 0 Å². The molecule has 1 aromatic carbocycles. The minimum atomic E-state index is 0.280. The Morgan fingerprint density at radius 3 is 2.50 bits per heavy atom. The van der Waals surface area contributed by atoms with Crippen LogP contribution < -0.4 is 14.8 Å². The lowest BCUT2D eigenvalue weighted by atomic mass is 10.0. The average molecular weight is 318 g/mol. The largest absolute Gasteiger partial charge is 0.493 e. The highest BCUT2D eigenvalue weighted by molar-refractivity contribution is 7.10. The van der Waals surface area contributed by atoms with Gasteiger partial charge in [-0.05, 0) is 29.1 Å². The van der Waals surface area contributed by atoms with Crippen molar-refractivity contribution in [1.29, 1.82) is 0 Å². The number of nitrogens with one attached hydrogen (secondary N) is 1. The standard InChI is InChI=1S/C17H22N2O2S/c1-20-14-6-5-13(12-15(14)21-2)17(16-4-3-11-22-16)19-9-7-18-8-10-19/h3-6,11-12,17-18H,7-10H2,1-2H3/t17-/m0/s1. The van der Waals surface area contributed by atoms with Crippen LogP contribution in [0.15, 0.2) is 35.7 Å². The summed E-state index contributed by atoms with van der Waals surface area (Å²) < 4.78 is 10.8. The van der Waals surface area contributed by atoms with Gasteiger partial charge in [-0.3, -0.25) is 4.90 Å². The molecule has 0 spiro atoms. The highest BCUT2D eigenvalue weighted by Crippen LogP contribution is 2.36. The molecule has 1 saturated heterocycles. The fourth-order valence-corrected chi connectivity index (χ4v) is 3.85. The molecule has 118 valence electrons. The van der Waals surface area contributed by atoms with Gasteiger partial charge in [0.05, 0.1) is 20.3 Å². The summed E-state index contributed by atoms with van der Waals surface area (Å²) in [7, 11) is 3.36. The number of ether oxygens (including phenoxy) is 2. The first-order valence-electron chi connectivity index (χ1n) is 7.53. The summed E-state index contributed by atoms with van der Waals surface area (Å²) in [6.07, 6.45) is 0. The lowest BCUT2D eigenvalue weighted by Crippen LogP contribution is -2.45. The summed E-state index contributed by atoms with van der Waals surface area (Å²) in [5, 5.41) is 5.57. The van der Waals surface area contributed by atoms with E-state index in [0.717, 1.165) is 37.7 Å². The van der Waals surface area contributed by atoms with Crippen molar-refractivity contribution in [3.8, 4) is 11.5 Å². The van der Waals surface area contributed by atoms with Crippen molar-refractivity contribution >= 4 is 11.3 Å². The molecule has 1 aromatic heterocycles. The maximum atomic E-state index is 5.48. The lowest BCUT2D eigenvalue weighted by molar-refractivity contribution is 0.200. The molecule has 0 bridgehead atoms. The molecule has 1 aliphatic rings. The molecular weight excluding hydrogens is 296 g/mol. The Morgan fingerprint density at radius 2 is 1.86 bits per heavy atom. The van der Waals surface area contributed by atoms with E-state index >= 15 is 0 Å². The monoisotopic (exact) mass is 318 g/mol. The maximum absolute atomic E-state index is 5.48. The summed E-state index contributed by atoms with van der Waals surface area (Å²) in [6.45, 7) is 4.18. The minimum absolute atomic E-state index is 0.280. The predicted octanol–water partition coefficient (Wildman–Crippen LogP) is 2.76. The Labute approximate surface area is 135 Å². The quantitative estimate of drug-likeness (QED) is 0.919. The zero-order chi connectivity index (χ0) is 15.4. The minimum Gasteiger partial charge on any atom is -0.493 e. The normalized spacial score (nSPS) is 17.2. The van der Waals surface area contributed by atoms with Gasteiger partial charge in [-0.2, -0.15) is 0 Å². The molecule has 0 radical (unpaired) electrons. The molecule has 2 aromatic rings. The smallest absolute Gasteiger partial charge is 0.161 e. The van der Waals surface area contributed by atoms with Crippen LogP contribution in [0.3, 0.4) is 0 Å².